The van der Waals surface area contributed by atoms with Crippen LogP contribution >= 0.6 is 0 Å². The predicted molar refractivity (Wildman–Crippen MR) is 72.5 cm³/mol. The molecule has 0 aliphatic heterocycles. The zero-order valence-electron chi connectivity index (χ0n) is 11.1. The van der Waals surface area contributed by atoms with E-state index in [0.717, 1.165) is 5.75 Å². The minimum atomic E-state index is 0.0892. The lowest BCUT2D eigenvalue weighted by atomic mass is 10.2. The predicted octanol–water partition coefficient (Wildman–Crippen LogP) is 1.65. The standard InChI is InChI=1S/C14H22N2O2/c1-12(2)16(10-9-15)14(17)8-11-18-13-6-4-3-5-7-13/h3-7,12H,8-11,15H2,1-2H3. The molecular weight excluding hydrogens is 228 g/mol. The summed E-state index contributed by atoms with van der Waals surface area (Å²) in [5, 5.41) is 0. The number of hydrogen-bond donors (Lipinski definition) is 1. The monoisotopic (exact) mass is 250 g/mol. The lowest BCUT2D eigenvalue weighted by Crippen LogP contribution is -2.40. The first-order valence-electron chi connectivity index (χ1n) is 6.32. The Balaban J connectivity index is 2.36. The lowest BCUT2D eigenvalue weighted by molar-refractivity contribution is -0.133. The largest absolute Gasteiger partial charge is 0.493 e. The van der Waals surface area contributed by atoms with E-state index in [2.05, 4.69) is 0 Å². The van der Waals surface area contributed by atoms with Crippen LogP contribution in [0.5, 0.6) is 5.75 Å². The number of nitrogens with zero attached hydrogens (tertiary/aromatic N) is 1. The lowest BCUT2D eigenvalue weighted by Gasteiger charge is -2.26. The maximum atomic E-state index is 12.0. The Hall–Kier alpha value is -1.55. The summed E-state index contributed by atoms with van der Waals surface area (Å²) in [7, 11) is 0. The van der Waals surface area contributed by atoms with E-state index in [-0.39, 0.29) is 11.9 Å². The summed E-state index contributed by atoms with van der Waals surface area (Å²) < 4.78 is 5.51. The minimum Gasteiger partial charge on any atom is -0.493 e. The first-order valence-corrected chi connectivity index (χ1v) is 6.32. The van der Waals surface area contributed by atoms with Crippen LogP contribution in [0.2, 0.25) is 0 Å². The maximum Gasteiger partial charge on any atom is 0.226 e. The molecule has 4 nitrogen and oxygen atoms in total. The highest BCUT2D eigenvalue weighted by molar-refractivity contribution is 5.76. The maximum absolute atomic E-state index is 12.0. The molecule has 0 unspecified atom stereocenters. The molecule has 0 aliphatic carbocycles. The van der Waals surface area contributed by atoms with Crippen molar-refractivity contribution >= 4 is 5.91 Å². The van der Waals surface area contributed by atoms with Gasteiger partial charge in [0.2, 0.25) is 5.91 Å². The van der Waals surface area contributed by atoms with Gasteiger partial charge in [-0.25, -0.2) is 0 Å². The van der Waals surface area contributed by atoms with E-state index < -0.39 is 0 Å². The summed E-state index contributed by atoms with van der Waals surface area (Å²) in [6.45, 7) is 5.47. The molecule has 1 aromatic rings. The third kappa shape index (κ3) is 4.75. The summed E-state index contributed by atoms with van der Waals surface area (Å²) in [5.74, 6) is 0.881. The molecule has 0 saturated carbocycles. The zero-order chi connectivity index (χ0) is 13.4. The van der Waals surface area contributed by atoms with Gasteiger partial charge in [0, 0.05) is 19.1 Å². The first-order chi connectivity index (χ1) is 8.65. The van der Waals surface area contributed by atoms with Crippen LogP contribution < -0.4 is 10.5 Å². The van der Waals surface area contributed by atoms with Gasteiger partial charge in [0.05, 0.1) is 13.0 Å². The van der Waals surface area contributed by atoms with Crippen molar-refractivity contribution in [3.8, 4) is 5.75 Å². The molecule has 18 heavy (non-hydrogen) atoms. The van der Waals surface area contributed by atoms with Crippen LogP contribution in [0.3, 0.4) is 0 Å². The molecule has 1 aromatic carbocycles. The number of benzene rings is 1. The Labute approximate surface area is 109 Å². The molecule has 0 spiro atoms. The molecule has 1 amide bonds. The third-order valence-corrected chi connectivity index (χ3v) is 2.64. The van der Waals surface area contributed by atoms with Crippen molar-refractivity contribution in [2.45, 2.75) is 26.3 Å². The summed E-state index contributed by atoms with van der Waals surface area (Å²) in [6.07, 6.45) is 0.382. The molecule has 1 rings (SSSR count). The van der Waals surface area contributed by atoms with Gasteiger partial charge in [0.25, 0.3) is 0 Å². The Morgan fingerprint density at radius 1 is 1.33 bits per heavy atom. The second-order valence-corrected chi connectivity index (χ2v) is 4.38. The number of para-hydroxylation sites is 1. The normalized spacial score (nSPS) is 10.4. The summed E-state index contributed by atoms with van der Waals surface area (Å²) >= 11 is 0. The average molecular weight is 250 g/mol. The van der Waals surface area contributed by atoms with Crippen LogP contribution in [0.15, 0.2) is 30.3 Å². The molecule has 0 fully saturated rings. The van der Waals surface area contributed by atoms with E-state index in [9.17, 15) is 4.79 Å². The molecule has 0 bridgehead atoms. The van der Waals surface area contributed by atoms with Gasteiger partial charge in [-0.3, -0.25) is 4.79 Å². The molecule has 0 heterocycles. The van der Waals surface area contributed by atoms with Crippen molar-refractivity contribution in [3.63, 3.8) is 0 Å². The topological polar surface area (TPSA) is 55.6 Å². The quantitative estimate of drug-likeness (QED) is 0.800. The third-order valence-electron chi connectivity index (χ3n) is 2.64. The van der Waals surface area contributed by atoms with E-state index >= 15 is 0 Å². The molecule has 0 radical (unpaired) electrons. The first kappa shape index (κ1) is 14.5. The van der Waals surface area contributed by atoms with E-state index in [1.54, 1.807) is 4.90 Å². The molecule has 0 aliphatic rings. The number of carbonyl (C=O) groups is 1. The SMILES string of the molecule is CC(C)N(CCN)C(=O)CCOc1ccccc1. The molecule has 0 atom stereocenters. The highest BCUT2D eigenvalue weighted by atomic mass is 16.5. The van der Waals surface area contributed by atoms with Crippen LogP contribution in [0.4, 0.5) is 0 Å². The molecule has 0 aromatic heterocycles. The summed E-state index contributed by atoms with van der Waals surface area (Å²) in [4.78, 5) is 13.7. The van der Waals surface area contributed by atoms with Crippen molar-refractivity contribution in [2.24, 2.45) is 5.73 Å². The Bertz CT molecular complexity index is 352. The summed E-state index contributed by atoms with van der Waals surface area (Å²) in [5.41, 5.74) is 5.50. The highest BCUT2D eigenvalue weighted by Gasteiger charge is 2.15. The molecule has 2 N–H and O–H groups in total. The van der Waals surface area contributed by atoms with Crippen LogP contribution in [0.25, 0.3) is 0 Å². The smallest absolute Gasteiger partial charge is 0.226 e. The average Bonchev–Trinajstić information content (AvgIpc) is 2.36. The van der Waals surface area contributed by atoms with Crippen molar-refractivity contribution in [1.82, 2.24) is 4.90 Å². The van der Waals surface area contributed by atoms with Gasteiger partial charge < -0.3 is 15.4 Å². The van der Waals surface area contributed by atoms with Crippen molar-refractivity contribution in [3.05, 3.63) is 30.3 Å². The van der Waals surface area contributed by atoms with Crippen LogP contribution in [-0.2, 0) is 4.79 Å². The summed E-state index contributed by atoms with van der Waals surface area (Å²) in [6, 6.07) is 9.69. The Morgan fingerprint density at radius 2 is 2.00 bits per heavy atom. The number of rotatable bonds is 7. The number of nitrogens with two attached hydrogens (primary N) is 1. The number of carbonyl (C=O) groups excluding carboxylic acids is 1. The number of ether oxygens (including phenoxy) is 1. The van der Waals surface area contributed by atoms with Crippen LogP contribution in [0, 0.1) is 0 Å². The second kappa shape index (κ2) is 7.71. The van der Waals surface area contributed by atoms with Gasteiger partial charge in [-0.2, -0.15) is 0 Å². The molecule has 4 heteroatoms. The molecule has 100 valence electrons. The van der Waals surface area contributed by atoms with Gasteiger partial charge in [-0.15, -0.1) is 0 Å². The van der Waals surface area contributed by atoms with Gasteiger partial charge in [0.15, 0.2) is 0 Å². The fourth-order valence-electron chi connectivity index (χ4n) is 1.73. The highest BCUT2D eigenvalue weighted by Crippen LogP contribution is 2.09. The second-order valence-electron chi connectivity index (χ2n) is 4.38. The van der Waals surface area contributed by atoms with Crippen molar-refractivity contribution < 1.29 is 9.53 Å². The fraction of sp³-hybridized carbons (Fsp3) is 0.500. The van der Waals surface area contributed by atoms with E-state index in [1.807, 2.05) is 44.2 Å². The van der Waals surface area contributed by atoms with Gasteiger partial charge in [-0.1, -0.05) is 18.2 Å². The van der Waals surface area contributed by atoms with Crippen molar-refractivity contribution in [1.29, 1.82) is 0 Å². The van der Waals surface area contributed by atoms with Crippen LogP contribution in [-0.4, -0.2) is 36.5 Å². The molecular formula is C14H22N2O2. The van der Waals surface area contributed by atoms with E-state index in [1.165, 1.54) is 0 Å². The van der Waals surface area contributed by atoms with Gasteiger partial charge in [-0.05, 0) is 26.0 Å². The van der Waals surface area contributed by atoms with E-state index in [0.29, 0.717) is 26.1 Å². The van der Waals surface area contributed by atoms with Crippen LogP contribution in [0.1, 0.15) is 20.3 Å². The Kier molecular flexibility index (Phi) is 6.22. The molecule has 0 saturated heterocycles. The van der Waals surface area contributed by atoms with Gasteiger partial charge >= 0.3 is 0 Å². The van der Waals surface area contributed by atoms with E-state index in [4.69, 9.17) is 10.5 Å². The number of amides is 1. The number of hydrogen-bond acceptors (Lipinski definition) is 3. The zero-order valence-corrected chi connectivity index (χ0v) is 11.1. The fourth-order valence-corrected chi connectivity index (χ4v) is 1.73. The van der Waals surface area contributed by atoms with Gasteiger partial charge in [0.1, 0.15) is 5.75 Å². The minimum absolute atomic E-state index is 0.0892. The van der Waals surface area contributed by atoms with Crippen molar-refractivity contribution in [2.75, 3.05) is 19.7 Å². The Morgan fingerprint density at radius 3 is 2.56 bits per heavy atom.